The van der Waals surface area contributed by atoms with Crippen molar-refractivity contribution in [1.29, 1.82) is 0 Å². The number of thioether (sulfide) groups is 1. The van der Waals surface area contributed by atoms with Gasteiger partial charge in [0.1, 0.15) is 0 Å². The molecule has 0 spiro atoms. The van der Waals surface area contributed by atoms with Crippen molar-refractivity contribution in [2.75, 3.05) is 12.3 Å². The van der Waals surface area contributed by atoms with Crippen LogP contribution in [0.2, 0.25) is 0 Å². The molecule has 1 aromatic carbocycles. The largest absolute Gasteiger partial charge is 0.352 e. The number of aromatic nitrogens is 2. The number of amides is 1. The summed E-state index contributed by atoms with van der Waals surface area (Å²) in [5.74, 6) is 1.07. The molecule has 1 aromatic heterocycles. The maximum absolute atomic E-state index is 12.2. The van der Waals surface area contributed by atoms with E-state index >= 15 is 0 Å². The number of nitro benzene ring substituents is 1. The SMILES string of the molecule is CC(C)CCSc1ccc(C(=O)NCCCn2ccnc2)cc1[N+](=O)[O-]. The molecule has 1 amide bonds. The van der Waals surface area contributed by atoms with Gasteiger partial charge in [0.25, 0.3) is 11.6 Å². The number of hydrogen-bond acceptors (Lipinski definition) is 5. The number of nitro groups is 1. The lowest BCUT2D eigenvalue weighted by atomic mass is 10.2. The Labute approximate surface area is 157 Å². The van der Waals surface area contributed by atoms with Gasteiger partial charge in [-0.2, -0.15) is 0 Å². The normalized spacial score (nSPS) is 10.9. The maximum atomic E-state index is 12.2. The molecule has 26 heavy (non-hydrogen) atoms. The molecule has 2 rings (SSSR count). The van der Waals surface area contributed by atoms with Gasteiger partial charge in [-0.3, -0.25) is 14.9 Å². The molecule has 0 aliphatic carbocycles. The van der Waals surface area contributed by atoms with Gasteiger partial charge in [-0.25, -0.2) is 4.98 Å². The number of carbonyl (C=O) groups is 1. The Kier molecular flexibility index (Phi) is 7.65. The monoisotopic (exact) mass is 376 g/mol. The van der Waals surface area contributed by atoms with Crippen molar-refractivity contribution in [1.82, 2.24) is 14.9 Å². The smallest absolute Gasteiger partial charge is 0.283 e. The van der Waals surface area contributed by atoms with Crippen LogP contribution >= 0.6 is 11.8 Å². The second-order valence-corrected chi connectivity index (χ2v) is 7.52. The van der Waals surface area contributed by atoms with Gasteiger partial charge in [0.15, 0.2) is 0 Å². The van der Waals surface area contributed by atoms with Crippen LogP contribution in [0.15, 0.2) is 41.8 Å². The molecule has 7 nitrogen and oxygen atoms in total. The van der Waals surface area contributed by atoms with Gasteiger partial charge in [-0.15, -0.1) is 11.8 Å². The average Bonchev–Trinajstić information content (AvgIpc) is 3.11. The number of hydrogen-bond donors (Lipinski definition) is 1. The molecule has 0 fully saturated rings. The van der Waals surface area contributed by atoms with E-state index in [1.54, 1.807) is 24.7 Å². The topological polar surface area (TPSA) is 90.1 Å². The lowest BCUT2D eigenvalue weighted by Gasteiger charge is -2.08. The van der Waals surface area contributed by atoms with E-state index in [1.165, 1.54) is 17.8 Å². The minimum atomic E-state index is -0.423. The van der Waals surface area contributed by atoms with Crippen LogP contribution in [-0.4, -0.2) is 32.7 Å². The fraction of sp³-hybridized carbons (Fsp3) is 0.444. The van der Waals surface area contributed by atoms with Crippen LogP contribution < -0.4 is 5.32 Å². The Morgan fingerprint density at radius 3 is 2.88 bits per heavy atom. The summed E-state index contributed by atoms with van der Waals surface area (Å²) in [5, 5.41) is 14.1. The fourth-order valence-corrected chi connectivity index (χ4v) is 3.57. The zero-order valence-corrected chi connectivity index (χ0v) is 15.9. The third-order valence-corrected chi connectivity index (χ3v) is 4.90. The van der Waals surface area contributed by atoms with E-state index < -0.39 is 4.92 Å². The zero-order valence-electron chi connectivity index (χ0n) is 15.1. The molecule has 0 atom stereocenters. The van der Waals surface area contributed by atoms with Crippen LogP contribution in [0.25, 0.3) is 0 Å². The van der Waals surface area contributed by atoms with E-state index in [4.69, 9.17) is 0 Å². The van der Waals surface area contributed by atoms with Crippen LogP contribution in [0.4, 0.5) is 5.69 Å². The van der Waals surface area contributed by atoms with Gasteiger partial charge in [-0.1, -0.05) is 13.8 Å². The summed E-state index contributed by atoms with van der Waals surface area (Å²) in [6.07, 6.45) is 7.04. The second-order valence-electron chi connectivity index (χ2n) is 6.38. The van der Waals surface area contributed by atoms with Crippen molar-refractivity contribution in [3.63, 3.8) is 0 Å². The van der Waals surface area contributed by atoms with Crippen LogP contribution in [0.5, 0.6) is 0 Å². The highest BCUT2D eigenvalue weighted by molar-refractivity contribution is 7.99. The predicted octanol–water partition coefficient (Wildman–Crippen LogP) is 3.75. The van der Waals surface area contributed by atoms with Crippen molar-refractivity contribution < 1.29 is 9.72 Å². The summed E-state index contributed by atoms with van der Waals surface area (Å²) in [6, 6.07) is 4.68. The molecule has 8 heteroatoms. The van der Waals surface area contributed by atoms with Gasteiger partial charge in [-0.05, 0) is 36.6 Å². The fourth-order valence-electron chi connectivity index (χ4n) is 2.31. The van der Waals surface area contributed by atoms with E-state index in [-0.39, 0.29) is 11.6 Å². The third-order valence-electron chi connectivity index (χ3n) is 3.81. The van der Waals surface area contributed by atoms with Crippen LogP contribution in [0.1, 0.15) is 37.0 Å². The molecule has 0 aliphatic rings. The van der Waals surface area contributed by atoms with E-state index in [9.17, 15) is 14.9 Å². The van der Waals surface area contributed by atoms with Gasteiger partial charge in [0, 0.05) is 37.1 Å². The Morgan fingerprint density at radius 2 is 2.23 bits per heavy atom. The minimum absolute atomic E-state index is 0.00942. The summed E-state index contributed by atoms with van der Waals surface area (Å²) in [7, 11) is 0. The Balaban J connectivity index is 1.91. The van der Waals surface area contributed by atoms with Crippen molar-refractivity contribution in [3.05, 3.63) is 52.6 Å². The average molecular weight is 376 g/mol. The quantitative estimate of drug-likeness (QED) is 0.295. The molecule has 1 N–H and O–H groups in total. The number of rotatable bonds is 10. The van der Waals surface area contributed by atoms with E-state index in [2.05, 4.69) is 24.1 Å². The van der Waals surface area contributed by atoms with Crippen molar-refractivity contribution in [2.45, 2.75) is 38.1 Å². The van der Waals surface area contributed by atoms with Gasteiger partial charge >= 0.3 is 0 Å². The molecule has 2 aromatic rings. The van der Waals surface area contributed by atoms with Crippen LogP contribution in [0, 0.1) is 16.0 Å². The molecule has 1 heterocycles. The molecule has 140 valence electrons. The standard InChI is InChI=1S/C18H24N4O3S/c1-14(2)6-11-26-17-5-4-15(12-16(17)22(24)25)18(23)20-7-3-9-21-10-8-19-13-21/h4-5,8,10,12-14H,3,6-7,9,11H2,1-2H3,(H,20,23). The maximum Gasteiger partial charge on any atom is 0.283 e. The number of nitrogens with one attached hydrogen (secondary N) is 1. The summed E-state index contributed by atoms with van der Waals surface area (Å²) < 4.78 is 1.93. The molecule has 0 bridgehead atoms. The van der Waals surface area contributed by atoms with E-state index in [1.807, 2.05) is 10.8 Å². The first-order chi connectivity index (χ1) is 12.5. The summed E-state index contributed by atoms with van der Waals surface area (Å²) in [5.41, 5.74) is 0.303. The van der Waals surface area contributed by atoms with Crippen LogP contribution in [-0.2, 0) is 6.54 Å². The van der Waals surface area contributed by atoms with Crippen molar-refractivity contribution in [2.24, 2.45) is 5.92 Å². The van der Waals surface area contributed by atoms with Gasteiger partial charge < -0.3 is 9.88 Å². The van der Waals surface area contributed by atoms with Gasteiger partial charge in [0.2, 0.25) is 0 Å². The van der Waals surface area contributed by atoms with Crippen molar-refractivity contribution in [3.8, 4) is 0 Å². The molecule has 0 unspecified atom stereocenters. The minimum Gasteiger partial charge on any atom is -0.352 e. The first-order valence-corrected chi connectivity index (χ1v) is 9.61. The molecule has 0 saturated heterocycles. The molecular weight excluding hydrogens is 352 g/mol. The highest BCUT2D eigenvalue weighted by atomic mass is 32.2. The van der Waals surface area contributed by atoms with Crippen LogP contribution in [0.3, 0.4) is 0 Å². The number of benzene rings is 1. The molecule has 0 saturated carbocycles. The lowest BCUT2D eigenvalue weighted by Crippen LogP contribution is -2.25. The second kappa shape index (κ2) is 9.96. The zero-order chi connectivity index (χ0) is 18.9. The summed E-state index contributed by atoms with van der Waals surface area (Å²) in [6.45, 7) is 5.49. The van der Waals surface area contributed by atoms with Crippen molar-refractivity contribution >= 4 is 23.4 Å². The molecular formula is C18H24N4O3S. The van der Waals surface area contributed by atoms with Gasteiger partial charge in [0.05, 0.1) is 16.1 Å². The Bertz CT molecular complexity index is 732. The summed E-state index contributed by atoms with van der Waals surface area (Å²) in [4.78, 5) is 27.7. The first kappa shape index (κ1) is 20.0. The van der Waals surface area contributed by atoms with E-state index in [0.717, 1.165) is 25.1 Å². The third kappa shape index (κ3) is 6.18. The van der Waals surface area contributed by atoms with E-state index in [0.29, 0.717) is 22.9 Å². The Morgan fingerprint density at radius 1 is 1.42 bits per heavy atom. The predicted molar refractivity (Wildman–Crippen MR) is 102 cm³/mol. The highest BCUT2D eigenvalue weighted by Crippen LogP contribution is 2.31. The molecule has 0 aliphatic heterocycles. The number of imidazole rings is 1. The first-order valence-electron chi connectivity index (χ1n) is 8.62. The number of nitrogens with zero attached hydrogens (tertiary/aromatic N) is 3. The lowest BCUT2D eigenvalue weighted by molar-refractivity contribution is -0.387. The number of carbonyl (C=O) groups excluding carboxylic acids is 1. The highest BCUT2D eigenvalue weighted by Gasteiger charge is 2.18. The number of aryl methyl sites for hydroxylation is 1. The Hall–Kier alpha value is -2.35. The molecule has 0 radical (unpaired) electrons. The summed E-state index contributed by atoms with van der Waals surface area (Å²) >= 11 is 1.46.